The Kier molecular flexibility index (Phi) is 10.0. The number of hydrogen-bond acceptors (Lipinski definition) is 16. The van der Waals surface area contributed by atoms with Crippen molar-refractivity contribution >= 4 is 52.6 Å². The van der Waals surface area contributed by atoms with E-state index >= 15 is 0 Å². The smallest absolute Gasteiger partial charge is 0.232 e. The highest BCUT2D eigenvalue weighted by molar-refractivity contribution is 6.31. The Morgan fingerprint density at radius 1 is 0.510 bits per heavy atom. The predicted octanol–water partition coefficient (Wildman–Crippen LogP) is 1.66. The highest BCUT2D eigenvalue weighted by Crippen LogP contribution is 2.53. The fourth-order valence-electron chi connectivity index (χ4n) is 9.27. The van der Waals surface area contributed by atoms with Crippen LogP contribution < -0.4 is 20.0 Å². The van der Waals surface area contributed by atoms with Crippen LogP contribution in [0.15, 0.2) is 0 Å². The minimum atomic E-state index is 0.108. The highest BCUT2D eigenvalue weighted by atomic mass is 35.5. The van der Waals surface area contributed by atoms with Gasteiger partial charge < -0.3 is 48.4 Å². The Hall–Kier alpha value is -1.99. The third-order valence-corrected chi connectivity index (χ3v) is 12.3. The molecule has 9 fully saturated rings. The maximum atomic E-state index is 6.29. The van der Waals surface area contributed by atoms with Gasteiger partial charge in [0.05, 0.1) is 121 Å². The van der Waals surface area contributed by atoms with E-state index < -0.39 is 0 Å². The first-order valence-corrected chi connectivity index (χ1v) is 19.1. The normalized spacial score (nSPS) is 37.4. The minimum Gasteiger partial charge on any atom is -0.380 e. The summed E-state index contributed by atoms with van der Waals surface area (Å²) in [5, 5.41) is 3.92. The molecule has 9 aliphatic heterocycles. The Balaban J connectivity index is 0.000000114. The van der Waals surface area contributed by atoms with Crippen molar-refractivity contribution in [1.29, 1.82) is 0 Å². The average Bonchev–Trinajstić information content (AvgIpc) is 3.89. The monoisotopic (exact) mass is 768 g/mol. The fourth-order valence-corrected chi connectivity index (χ4v) is 9.78. The van der Waals surface area contributed by atoms with Crippen LogP contribution in [0.3, 0.4) is 0 Å². The van der Waals surface area contributed by atoms with Crippen LogP contribution in [0.25, 0.3) is 0 Å². The summed E-state index contributed by atoms with van der Waals surface area (Å²) in [6.45, 7) is 10.3. The number of rotatable bonds is 3. The number of fused-ring (bicyclic) bond motifs is 5. The first-order valence-electron chi connectivity index (χ1n) is 18.0. The Morgan fingerprint density at radius 3 is 1.55 bits per heavy atom. The molecule has 8 atom stereocenters. The average molecular weight is 770 g/mol. The molecule has 1 N–H and O–H groups in total. The van der Waals surface area contributed by atoms with Gasteiger partial charge in [-0.1, -0.05) is 0 Å². The Morgan fingerprint density at radius 2 is 0.980 bits per heavy atom. The van der Waals surface area contributed by atoms with Gasteiger partial charge in [-0.15, -0.1) is 0 Å². The summed E-state index contributed by atoms with van der Waals surface area (Å²) >= 11 is 17.8. The molecular formula is C32H43Cl3N10O6. The topological polar surface area (TPSA) is 154 Å². The van der Waals surface area contributed by atoms with Crippen LogP contribution in [0, 0.1) is 11.3 Å². The molecule has 2 aromatic heterocycles. The van der Waals surface area contributed by atoms with E-state index in [0.717, 1.165) is 98.3 Å². The molecule has 1 spiro atoms. The van der Waals surface area contributed by atoms with Crippen LogP contribution in [0.5, 0.6) is 0 Å². The van der Waals surface area contributed by atoms with Gasteiger partial charge in [0.15, 0.2) is 0 Å². The van der Waals surface area contributed by atoms with Gasteiger partial charge in [-0.2, -0.15) is 29.9 Å². The summed E-state index contributed by atoms with van der Waals surface area (Å²) in [5.74, 6) is 2.51. The van der Waals surface area contributed by atoms with Crippen LogP contribution in [-0.4, -0.2) is 158 Å². The largest absolute Gasteiger partial charge is 0.380 e. The van der Waals surface area contributed by atoms with Crippen molar-refractivity contribution in [2.45, 2.75) is 68.0 Å². The maximum absolute atomic E-state index is 6.29. The third kappa shape index (κ3) is 6.61. The molecule has 9 aliphatic rings. The van der Waals surface area contributed by atoms with E-state index in [1.807, 2.05) is 0 Å². The van der Waals surface area contributed by atoms with Crippen molar-refractivity contribution in [2.75, 3.05) is 101 Å². The summed E-state index contributed by atoms with van der Waals surface area (Å²) in [6, 6.07) is 2.46. The van der Waals surface area contributed by atoms with E-state index in [9.17, 15) is 0 Å². The predicted molar refractivity (Wildman–Crippen MR) is 186 cm³/mol. The first-order chi connectivity index (χ1) is 25.0. The number of ether oxygens (including phenoxy) is 6. The van der Waals surface area contributed by atoms with Crippen molar-refractivity contribution < 1.29 is 28.4 Å². The van der Waals surface area contributed by atoms with Crippen LogP contribution in [-0.2, 0) is 28.4 Å². The fraction of sp³-hybridized carbons (Fsp3) is 0.812. The molecule has 0 saturated carbocycles. The van der Waals surface area contributed by atoms with Crippen molar-refractivity contribution in [3.8, 4) is 0 Å². The quantitative estimate of drug-likeness (QED) is 0.481. The second-order valence-corrected chi connectivity index (χ2v) is 15.7. The minimum absolute atomic E-state index is 0.108. The van der Waals surface area contributed by atoms with Gasteiger partial charge in [0.2, 0.25) is 33.7 Å². The van der Waals surface area contributed by atoms with Gasteiger partial charge >= 0.3 is 0 Å². The molecule has 0 radical (unpaired) electrons. The van der Waals surface area contributed by atoms with Gasteiger partial charge in [0, 0.05) is 18.5 Å². The lowest BCUT2D eigenvalue weighted by Crippen LogP contribution is -2.71. The molecule has 19 heteroatoms. The number of nitrogens with one attached hydrogen (secondary N) is 1. The van der Waals surface area contributed by atoms with Crippen LogP contribution >= 0.6 is 34.8 Å². The molecule has 2 aromatic rings. The molecule has 11 heterocycles. The number of nitrogens with zero attached hydrogens (tertiary/aromatic N) is 9. The molecule has 9 saturated heterocycles. The maximum Gasteiger partial charge on any atom is 0.232 e. The molecule has 0 aromatic carbocycles. The van der Waals surface area contributed by atoms with Gasteiger partial charge in [-0.25, -0.2) is 0 Å². The number of halogens is 3. The molecule has 8 unspecified atom stereocenters. The standard InChI is InChI=1S/C16H20ClN5O3.C9H10Cl2N4O.C7H13NO2/c17-13-18-14(21-9-1-2-10(21)4-23-3-9)20-15(19-13)22-11-5-24-7-16(11)8-25-6-12(16)22;10-7-12-8(11)14-9(13-7)15-5-1-2-6(15)4-16-3-5;1-2-9-3-6-4-10-5-7(6)8-1/h9-12H,1-8H2;5-6H,1-4H2;6-8H,1-5H2. The summed E-state index contributed by atoms with van der Waals surface area (Å²) in [6.07, 6.45) is 4.43. The molecule has 11 rings (SSSR count). The second kappa shape index (κ2) is 14.7. The van der Waals surface area contributed by atoms with Crippen molar-refractivity contribution in [1.82, 2.24) is 35.2 Å². The van der Waals surface area contributed by atoms with Crippen molar-refractivity contribution in [3.63, 3.8) is 0 Å². The second-order valence-electron chi connectivity index (χ2n) is 14.7. The lowest BCUT2D eigenvalue weighted by molar-refractivity contribution is 0.0894. The zero-order valence-electron chi connectivity index (χ0n) is 28.2. The Bertz CT molecular complexity index is 1490. The molecular weight excluding hydrogens is 727 g/mol. The van der Waals surface area contributed by atoms with E-state index in [4.69, 9.17) is 68.2 Å². The van der Waals surface area contributed by atoms with Gasteiger partial charge in [0.1, 0.15) is 0 Å². The van der Waals surface area contributed by atoms with Gasteiger partial charge in [0.25, 0.3) is 0 Å². The van der Waals surface area contributed by atoms with Crippen LogP contribution in [0.1, 0.15) is 25.7 Å². The molecule has 4 bridgehead atoms. The van der Waals surface area contributed by atoms with Gasteiger partial charge in [-0.05, 0) is 60.5 Å². The number of morpholine rings is 2. The van der Waals surface area contributed by atoms with E-state index in [1.54, 1.807) is 0 Å². The lowest BCUT2D eigenvalue weighted by Gasteiger charge is -2.55. The summed E-state index contributed by atoms with van der Waals surface area (Å²) in [5.41, 5.74) is 0.108. The van der Waals surface area contributed by atoms with E-state index in [-0.39, 0.29) is 33.3 Å². The lowest BCUT2D eigenvalue weighted by atomic mass is 9.69. The van der Waals surface area contributed by atoms with Crippen LogP contribution in [0.4, 0.5) is 17.8 Å². The molecule has 16 nitrogen and oxygen atoms in total. The zero-order chi connectivity index (χ0) is 34.5. The molecule has 51 heavy (non-hydrogen) atoms. The van der Waals surface area contributed by atoms with E-state index in [2.05, 4.69) is 44.9 Å². The Labute approximate surface area is 311 Å². The zero-order valence-corrected chi connectivity index (χ0v) is 30.5. The number of anilines is 3. The van der Waals surface area contributed by atoms with Crippen molar-refractivity contribution in [3.05, 3.63) is 15.9 Å². The van der Waals surface area contributed by atoms with Gasteiger partial charge in [-0.3, -0.25) is 0 Å². The summed E-state index contributed by atoms with van der Waals surface area (Å²) in [7, 11) is 0. The van der Waals surface area contributed by atoms with Crippen molar-refractivity contribution in [2.24, 2.45) is 11.3 Å². The molecule has 0 aliphatic carbocycles. The number of hydrogen-bond donors (Lipinski definition) is 1. The SMILES string of the molecule is C1COCC2COCC2N1.Clc1nc(Cl)nc(N2C3CCC2COC3)n1.Clc1nc(N2C3CCC2COC3)nc(N2C3COCC34COCC24)n1. The van der Waals surface area contributed by atoms with E-state index in [1.165, 1.54) is 0 Å². The molecule has 0 amide bonds. The van der Waals surface area contributed by atoms with Crippen LogP contribution in [0.2, 0.25) is 15.9 Å². The highest BCUT2D eigenvalue weighted by Gasteiger charge is 2.67. The molecule has 278 valence electrons. The number of aromatic nitrogens is 6. The van der Waals surface area contributed by atoms with E-state index in [0.29, 0.717) is 67.2 Å². The third-order valence-electron chi connectivity index (χ3n) is 11.8. The summed E-state index contributed by atoms with van der Waals surface area (Å²) < 4.78 is 33.3. The summed E-state index contributed by atoms with van der Waals surface area (Å²) in [4.78, 5) is 32.4. The first kappa shape index (κ1) is 34.8.